The second kappa shape index (κ2) is 5.13. The third-order valence-corrected chi connectivity index (χ3v) is 3.44. The normalized spacial score (nSPS) is 17.9. The molecule has 0 saturated carbocycles. The van der Waals surface area contributed by atoms with E-state index in [1.165, 1.54) is 0 Å². The molecule has 6 nitrogen and oxygen atoms in total. The van der Waals surface area contributed by atoms with Crippen molar-refractivity contribution in [2.24, 2.45) is 5.92 Å². The van der Waals surface area contributed by atoms with Crippen LogP contribution >= 0.6 is 0 Å². The molecule has 1 amide bonds. The van der Waals surface area contributed by atoms with Crippen molar-refractivity contribution in [3.63, 3.8) is 0 Å². The SMILES string of the molecule is N#CN1CCC(C(=O)Nc2cc3cccnc3cn2)C1. The molecule has 100 valence electrons. The van der Waals surface area contributed by atoms with Gasteiger partial charge in [-0.05, 0) is 18.6 Å². The molecule has 1 aliphatic heterocycles. The minimum atomic E-state index is -0.152. The number of anilines is 1. The molecule has 0 bridgehead atoms. The van der Waals surface area contributed by atoms with Crippen molar-refractivity contribution in [2.45, 2.75) is 6.42 Å². The molecule has 6 heteroatoms. The molecular formula is C14H13N5O. The van der Waals surface area contributed by atoms with Gasteiger partial charge in [0.1, 0.15) is 5.82 Å². The first-order valence-electron chi connectivity index (χ1n) is 6.42. The summed E-state index contributed by atoms with van der Waals surface area (Å²) in [7, 11) is 0. The summed E-state index contributed by atoms with van der Waals surface area (Å²) in [6.07, 6.45) is 6.11. The van der Waals surface area contributed by atoms with E-state index in [0.29, 0.717) is 25.3 Å². The van der Waals surface area contributed by atoms with E-state index in [1.807, 2.05) is 12.1 Å². The lowest BCUT2D eigenvalue weighted by molar-refractivity contribution is -0.119. The highest BCUT2D eigenvalue weighted by Crippen LogP contribution is 2.19. The minimum absolute atomic E-state index is 0.0847. The lowest BCUT2D eigenvalue weighted by Crippen LogP contribution is -2.25. The van der Waals surface area contributed by atoms with Crippen LogP contribution in [0.2, 0.25) is 0 Å². The van der Waals surface area contributed by atoms with Crippen LogP contribution in [0.15, 0.2) is 30.6 Å². The van der Waals surface area contributed by atoms with Gasteiger partial charge in [-0.1, -0.05) is 6.07 Å². The maximum Gasteiger partial charge on any atom is 0.230 e. The Morgan fingerprint density at radius 1 is 1.50 bits per heavy atom. The lowest BCUT2D eigenvalue weighted by Gasteiger charge is -2.10. The van der Waals surface area contributed by atoms with Crippen LogP contribution in [0.25, 0.3) is 10.9 Å². The van der Waals surface area contributed by atoms with Crippen LogP contribution in [0, 0.1) is 17.4 Å². The number of amides is 1. The predicted octanol–water partition coefficient (Wildman–Crippen LogP) is 1.37. The summed E-state index contributed by atoms with van der Waals surface area (Å²) in [6.45, 7) is 1.13. The van der Waals surface area contributed by atoms with Crippen molar-refractivity contribution >= 4 is 22.6 Å². The van der Waals surface area contributed by atoms with Crippen LogP contribution in [-0.2, 0) is 4.79 Å². The van der Waals surface area contributed by atoms with E-state index in [9.17, 15) is 4.79 Å². The van der Waals surface area contributed by atoms with Gasteiger partial charge in [0.2, 0.25) is 5.91 Å². The van der Waals surface area contributed by atoms with Gasteiger partial charge >= 0.3 is 0 Å². The van der Waals surface area contributed by atoms with Crippen LogP contribution in [0.5, 0.6) is 0 Å². The van der Waals surface area contributed by atoms with Crippen LogP contribution in [0.4, 0.5) is 5.82 Å². The highest BCUT2D eigenvalue weighted by Gasteiger charge is 2.27. The standard InChI is InChI=1S/C14H13N5O/c15-9-19-5-3-11(8-19)14(20)18-13-6-10-2-1-4-16-12(10)7-17-13/h1-2,4,6-7,11H,3,5,8H2,(H,17,18,20). The monoisotopic (exact) mass is 267 g/mol. The Morgan fingerprint density at radius 2 is 2.40 bits per heavy atom. The summed E-state index contributed by atoms with van der Waals surface area (Å²) >= 11 is 0. The summed E-state index contributed by atoms with van der Waals surface area (Å²) in [5.74, 6) is 0.283. The molecule has 2 aromatic heterocycles. The number of nitrogens with one attached hydrogen (secondary N) is 1. The average Bonchev–Trinajstić information content (AvgIpc) is 2.96. The molecule has 1 unspecified atom stereocenters. The number of carbonyl (C=O) groups excluding carboxylic acids is 1. The predicted molar refractivity (Wildman–Crippen MR) is 73.5 cm³/mol. The van der Waals surface area contributed by atoms with E-state index in [1.54, 1.807) is 23.4 Å². The Balaban J connectivity index is 1.73. The van der Waals surface area contributed by atoms with Crippen LogP contribution < -0.4 is 5.32 Å². The zero-order valence-electron chi connectivity index (χ0n) is 10.8. The van der Waals surface area contributed by atoms with Gasteiger partial charge in [-0.15, -0.1) is 0 Å². The summed E-state index contributed by atoms with van der Waals surface area (Å²) in [4.78, 5) is 22.1. The van der Waals surface area contributed by atoms with Crippen molar-refractivity contribution in [1.29, 1.82) is 5.26 Å². The second-order valence-corrected chi connectivity index (χ2v) is 4.79. The zero-order valence-corrected chi connectivity index (χ0v) is 10.8. The first-order valence-corrected chi connectivity index (χ1v) is 6.42. The fourth-order valence-corrected chi connectivity index (χ4v) is 2.34. The van der Waals surface area contributed by atoms with E-state index >= 15 is 0 Å². The van der Waals surface area contributed by atoms with Crippen LogP contribution in [0.1, 0.15) is 6.42 Å². The highest BCUT2D eigenvalue weighted by molar-refractivity contribution is 5.93. The second-order valence-electron chi connectivity index (χ2n) is 4.79. The Labute approximate surface area is 116 Å². The molecule has 1 fully saturated rings. The summed E-state index contributed by atoms with van der Waals surface area (Å²) in [5, 5.41) is 12.5. The van der Waals surface area contributed by atoms with Crippen molar-refractivity contribution < 1.29 is 4.79 Å². The summed E-state index contributed by atoms with van der Waals surface area (Å²) in [5.41, 5.74) is 0.794. The van der Waals surface area contributed by atoms with E-state index in [0.717, 1.165) is 10.9 Å². The molecule has 0 radical (unpaired) electrons. The third kappa shape index (κ3) is 2.38. The number of hydrogen-bond acceptors (Lipinski definition) is 5. The van der Waals surface area contributed by atoms with E-state index in [-0.39, 0.29) is 11.8 Å². The Kier molecular flexibility index (Phi) is 3.17. The number of hydrogen-bond donors (Lipinski definition) is 1. The van der Waals surface area contributed by atoms with E-state index < -0.39 is 0 Å². The number of rotatable bonds is 2. The molecule has 2 aromatic rings. The Morgan fingerprint density at radius 3 is 3.20 bits per heavy atom. The van der Waals surface area contributed by atoms with Crippen molar-refractivity contribution in [1.82, 2.24) is 14.9 Å². The highest BCUT2D eigenvalue weighted by atomic mass is 16.2. The molecule has 1 N–H and O–H groups in total. The van der Waals surface area contributed by atoms with Crippen LogP contribution in [-0.4, -0.2) is 33.9 Å². The lowest BCUT2D eigenvalue weighted by atomic mass is 10.1. The number of fused-ring (bicyclic) bond motifs is 1. The van der Waals surface area contributed by atoms with Gasteiger partial charge in [0.25, 0.3) is 0 Å². The van der Waals surface area contributed by atoms with E-state index in [2.05, 4.69) is 21.5 Å². The van der Waals surface area contributed by atoms with Gasteiger partial charge in [0.15, 0.2) is 6.19 Å². The van der Waals surface area contributed by atoms with Gasteiger partial charge in [-0.3, -0.25) is 9.78 Å². The fraction of sp³-hybridized carbons (Fsp3) is 0.286. The van der Waals surface area contributed by atoms with Crippen molar-refractivity contribution in [2.75, 3.05) is 18.4 Å². The molecule has 1 saturated heterocycles. The average molecular weight is 267 g/mol. The molecule has 3 heterocycles. The molecular weight excluding hydrogens is 254 g/mol. The van der Waals surface area contributed by atoms with Gasteiger partial charge in [0, 0.05) is 24.7 Å². The molecule has 0 aliphatic carbocycles. The van der Waals surface area contributed by atoms with Gasteiger partial charge in [0.05, 0.1) is 17.6 Å². The third-order valence-electron chi connectivity index (χ3n) is 3.44. The molecule has 0 aromatic carbocycles. The van der Waals surface area contributed by atoms with Gasteiger partial charge < -0.3 is 10.2 Å². The van der Waals surface area contributed by atoms with Crippen LogP contribution in [0.3, 0.4) is 0 Å². The number of nitrogens with zero attached hydrogens (tertiary/aromatic N) is 4. The molecule has 1 aliphatic rings. The Bertz CT molecular complexity index is 693. The van der Waals surface area contributed by atoms with Gasteiger partial charge in [-0.25, -0.2) is 4.98 Å². The molecule has 20 heavy (non-hydrogen) atoms. The number of carbonyl (C=O) groups is 1. The number of likely N-dealkylation sites (tertiary alicyclic amines) is 1. The van der Waals surface area contributed by atoms with Crippen molar-refractivity contribution in [3.8, 4) is 6.19 Å². The molecule has 1 atom stereocenters. The first-order chi connectivity index (χ1) is 9.76. The zero-order chi connectivity index (χ0) is 13.9. The van der Waals surface area contributed by atoms with Crippen molar-refractivity contribution in [3.05, 3.63) is 30.6 Å². The van der Waals surface area contributed by atoms with Gasteiger partial charge in [-0.2, -0.15) is 5.26 Å². The number of pyridine rings is 2. The fourth-order valence-electron chi connectivity index (χ4n) is 2.34. The number of aromatic nitrogens is 2. The minimum Gasteiger partial charge on any atom is -0.310 e. The largest absolute Gasteiger partial charge is 0.310 e. The Hall–Kier alpha value is -2.68. The molecule has 0 spiro atoms. The quantitative estimate of drug-likeness (QED) is 0.831. The first kappa shape index (κ1) is 12.4. The maximum absolute atomic E-state index is 12.1. The summed E-state index contributed by atoms with van der Waals surface area (Å²) in [6, 6.07) is 5.57. The van der Waals surface area contributed by atoms with E-state index in [4.69, 9.17) is 5.26 Å². The summed E-state index contributed by atoms with van der Waals surface area (Å²) < 4.78 is 0. The maximum atomic E-state index is 12.1. The topological polar surface area (TPSA) is 81.9 Å². The number of nitriles is 1. The molecule has 3 rings (SSSR count). The smallest absolute Gasteiger partial charge is 0.230 e.